The van der Waals surface area contributed by atoms with Crippen LogP contribution in [-0.4, -0.2) is 38.4 Å². The first-order valence-electron chi connectivity index (χ1n) is 4.54. The van der Waals surface area contributed by atoms with Crippen molar-refractivity contribution in [2.75, 3.05) is 20.3 Å². The monoisotopic (exact) mass is 189 g/mol. The molecule has 0 saturated heterocycles. The number of ether oxygens (including phenoxy) is 2. The van der Waals surface area contributed by atoms with Crippen molar-refractivity contribution >= 4 is 5.97 Å². The zero-order chi connectivity index (χ0) is 10.3. The summed E-state index contributed by atoms with van der Waals surface area (Å²) in [6.45, 7) is 6.88. The van der Waals surface area contributed by atoms with E-state index in [1.165, 1.54) is 7.11 Å². The molecule has 0 amide bonds. The minimum atomic E-state index is -0.350. The second kappa shape index (κ2) is 6.86. The van der Waals surface area contributed by atoms with Gasteiger partial charge in [-0.1, -0.05) is 6.92 Å². The van der Waals surface area contributed by atoms with E-state index in [0.717, 1.165) is 6.54 Å². The molecule has 0 saturated carbocycles. The normalized spacial score (nSPS) is 13.0. The number of carbonyl (C=O) groups excluding carboxylic acids is 1. The van der Waals surface area contributed by atoms with Crippen molar-refractivity contribution in [1.29, 1.82) is 0 Å². The Morgan fingerprint density at radius 2 is 2.08 bits per heavy atom. The van der Waals surface area contributed by atoms with Crippen molar-refractivity contribution < 1.29 is 14.3 Å². The number of likely N-dealkylation sites (N-methyl/N-ethyl adjacent to an activating group) is 1. The Balaban J connectivity index is 3.86. The zero-order valence-electron chi connectivity index (χ0n) is 8.79. The van der Waals surface area contributed by atoms with Crippen molar-refractivity contribution in [2.24, 2.45) is 0 Å². The average molecular weight is 189 g/mol. The van der Waals surface area contributed by atoms with Crippen LogP contribution >= 0.6 is 0 Å². The topological polar surface area (TPSA) is 47.6 Å². The summed E-state index contributed by atoms with van der Waals surface area (Å²) >= 11 is 0. The maximum atomic E-state index is 11.1. The van der Waals surface area contributed by atoms with Crippen LogP contribution in [0.2, 0.25) is 0 Å². The standard InChI is InChI=1S/C9H19NO3/c1-5-10-8(9(11)12-4)6-13-7(2)3/h7-8,10H,5-6H2,1-4H3. The van der Waals surface area contributed by atoms with Gasteiger partial charge in [0, 0.05) is 0 Å². The number of nitrogens with one attached hydrogen (secondary N) is 1. The van der Waals surface area contributed by atoms with Crippen molar-refractivity contribution in [2.45, 2.75) is 32.9 Å². The van der Waals surface area contributed by atoms with E-state index >= 15 is 0 Å². The van der Waals surface area contributed by atoms with Crippen LogP contribution in [0.25, 0.3) is 0 Å². The molecule has 78 valence electrons. The second-order valence-corrected chi connectivity index (χ2v) is 3.02. The van der Waals surface area contributed by atoms with E-state index in [2.05, 4.69) is 10.1 Å². The van der Waals surface area contributed by atoms with Crippen molar-refractivity contribution in [3.8, 4) is 0 Å². The molecule has 0 aliphatic rings. The molecular formula is C9H19NO3. The third-order valence-electron chi connectivity index (χ3n) is 1.53. The van der Waals surface area contributed by atoms with Gasteiger partial charge < -0.3 is 14.8 Å². The lowest BCUT2D eigenvalue weighted by molar-refractivity contribution is -0.145. The SMILES string of the molecule is CCNC(COC(C)C)C(=O)OC. The van der Waals surface area contributed by atoms with Gasteiger partial charge in [-0.15, -0.1) is 0 Å². The molecule has 1 unspecified atom stereocenters. The first-order chi connectivity index (χ1) is 6.11. The molecule has 0 radical (unpaired) electrons. The van der Waals surface area contributed by atoms with Gasteiger partial charge in [0.15, 0.2) is 0 Å². The summed E-state index contributed by atoms with van der Waals surface area (Å²) in [5.74, 6) is -0.275. The number of hydrogen-bond donors (Lipinski definition) is 1. The highest BCUT2D eigenvalue weighted by Crippen LogP contribution is 1.94. The maximum Gasteiger partial charge on any atom is 0.325 e. The molecule has 0 fully saturated rings. The predicted molar refractivity (Wildman–Crippen MR) is 50.6 cm³/mol. The molecule has 0 aromatic heterocycles. The first-order valence-corrected chi connectivity index (χ1v) is 4.54. The van der Waals surface area contributed by atoms with Gasteiger partial charge in [-0.2, -0.15) is 0 Å². The molecule has 4 nitrogen and oxygen atoms in total. The summed E-state index contributed by atoms with van der Waals surface area (Å²) in [6.07, 6.45) is 0.130. The quantitative estimate of drug-likeness (QED) is 0.620. The molecule has 0 aromatic carbocycles. The van der Waals surface area contributed by atoms with E-state index in [1.54, 1.807) is 0 Å². The maximum absolute atomic E-state index is 11.1. The Morgan fingerprint density at radius 3 is 2.46 bits per heavy atom. The van der Waals surface area contributed by atoms with Crippen molar-refractivity contribution in [1.82, 2.24) is 5.32 Å². The minimum absolute atomic E-state index is 0.130. The molecule has 4 heteroatoms. The van der Waals surface area contributed by atoms with Crippen LogP contribution in [0.5, 0.6) is 0 Å². The van der Waals surface area contributed by atoms with Crippen LogP contribution in [0.15, 0.2) is 0 Å². The van der Waals surface area contributed by atoms with E-state index in [0.29, 0.717) is 6.61 Å². The third-order valence-corrected chi connectivity index (χ3v) is 1.53. The minimum Gasteiger partial charge on any atom is -0.468 e. The van der Waals surface area contributed by atoms with E-state index in [-0.39, 0.29) is 18.1 Å². The highest BCUT2D eigenvalue weighted by molar-refractivity contribution is 5.75. The summed E-state index contributed by atoms with van der Waals surface area (Å²) in [5, 5.41) is 2.99. The molecular weight excluding hydrogens is 170 g/mol. The smallest absolute Gasteiger partial charge is 0.325 e. The van der Waals surface area contributed by atoms with E-state index in [1.807, 2.05) is 20.8 Å². The van der Waals surface area contributed by atoms with Gasteiger partial charge >= 0.3 is 5.97 Å². The van der Waals surface area contributed by atoms with Gasteiger partial charge in [0.2, 0.25) is 0 Å². The van der Waals surface area contributed by atoms with E-state index in [4.69, 9.17) is 4.74 Å². The largest absolute Gasteiger partial charge is 0.468 e. The molecule has 0 rings (SSSR count). The summed E-state index contributed by atoms with van der Waals surface area (Å²) in [6, 6.07) is -0.350. The Hall–Kier alpha value is -0.610. The van der Waals surface area contributed by atoms with Gasteiger partial charge in [-0.3, -0.25) is 4.79 Å². The number of carbonyl (C=O) groups is 1. The Bertz CT molecular complexity index is 148. The lowest BCUT2D eigenvalue weighted by atomic mass is 10.3. The van der Waals surface area contributed by atoms with Gasteiger partial charge in [0.25, 0.3) is 0 Å². The molecule has 1 N–H and O–H groups in total. The Kier molecular flexibility index (Phi) is 6.54. The molecule has 1 atom stereocenters. The highest BCUT2D eigenvalue weighted by atomic mass is 16.5. The second-order valence-electron chi connectivity index (χ2n) is 3.02. The fourth-order valence-corrected chi connectivity index (χ4v) is 0.888. The lowest BCUT2D eigenvalue weighted by Crippen LogP contribution is -2.41. The van der Waals surface area contributed by atoms with Crippen LogP contribution in [0, 0.1) is 0 Å². The summed E-state index contributed by atoms with van der Waals surface area (Å²) in [4.78, 5) is 11.1. The Labute approximate surface area is 79.6 Å². The van der Waals surface area contributed by atoms with Crippen LogP contribution in [0.3, 0.4) is 0 Å². The van der Waals surface area contributed by atoms with Crippen LogP contribution in [0.4, 0.5) is 0 Å². The molecule has 0 spiro atoms. The fraction of sp³-hybridized carbons (Fsp3) is 0.889. The zero-order valence-corrected chi connectivity index (χ0v) is 8.79. The lowest BCUT2D eigenvalue weighted by Gasteiger charge is -2.16. The molecule has 0 aromatic rings. The van der Waals surface area contributed by atoms with Gasteiger partial charge in [0.05, 0.1) is 19.8 Å². The van der Waals surface area contributed by atoms with Crippen LogP contribution < -0.4 is 5.32 Å². The predicted octanol–water partition coefficient (Wildman–Crippen LogP) is 0.562. The highest BCUT2D eigenvalue weighted by Gasteiger charge is 2.18. The number of methoxy groups -OCH3 is 1. The van der Waals surface area contributed by atoms with Gasteiger partial charge in [-0.25, -0.2) is 0 Å². The molecule has 0 aliphatic heterocycles. The molecule has 0 bridgehead atoms. The summed E-state index contributed by atoms with van der Waals surface area (Å²) in [5.41, 5.74) is 0. The molecule has 0 aliphatic carbocycles. The number of hydrogen-bond acceptors (Lipinski definition) is 4. The summed E-state index contributed by atoms with van der Waals surface area (Å²) in [7, 11) is 1.38. The summed E-state index contributed by atoms with van der Waals surface area (Å²) < 4.78 is 9.93. The van der Waals surface area contributed by atoms with Crippen LogP contribution in [-0.2, 0) is 14.3 Å². The average Bonchev–Trinajstić information content (AvgIpc) is 2.10. The fourth-order valence-electron chi connectivity index (χ4n) is 0.888. The van der Waals surface area contributed by atoms with Gasteiger partial charge in [-0.05, 0) is 20.4 Å². The van der Waals surface area contributed by atoms with E-state index in [9.17, 15) is 4.79 Å². The molecule has 0 heterocycles. The third kappa shape index (κ3) is 5.60. The number of rotatable bonds is 6. The molecule has 13 heavy (non-hydrogen) atoms. The number of esters is 1. The van der Waals surface area contributed by atoms with Crippen molar-refractivity contribution in [3.05, 3.63) is 0 Å². The first kappa shape index (κ1) is 12.4. The van der Waals surface area contributed by atoms with Gasteiger partial charge in [0.1, 0.15) is 6.04 Å². The Morgan fingerprint density at radius 1 is 1.46 bits per heavy atom. The van der Waals surface area contributed by atoms with Crippen LogP contribution in [0.1, 0.15) is 20.8 Å². The van der Waals surface area contributed by atoms with Crippen molar-refractivity contribution in [3.63, 3.8) is 0 Å². The van der Waals surface area contributed by atoms with E-state index < -0.39 is 0 Å².